The molecule has 6 heteroatoms. The average Bonchev–Trinajstić information content (AvgIpc) is 2.42. The maximum Gasteiger partial charge on any atom is 0.410 e. The first-order chi connectivity index (χ1) is 10.5. The quantitative estimate of drug-likeness (QED) is 0.859. The van der Waals surface area contributed by atoms with Crippen LogP contribution in [0.2, 0.25) is 0 Å². The maximum atomic E-state index is 12.3. The minimum absolute atomic E-state index is 0.0330. The number of ether oxygens (including phenoxy) is 1. The molecule has 1 aliphatic rings. The molecule has 0 spiro atoms. The van der Waals surface area contributed by atoms with Crippen LogP contribution in [-0.2, 0) is 9.53 Å². The van der Waals surface area contributed by atoms with Gasteiger partial charge in [0.15, 0.2) is 0 Å². The molecule has 1 fully saturated rings. The zero-order chi connectivity index (χ0) is 17.8. The molecule has 2 N–H and O–H groups in total. The van der Waals surface area contributed by atoms with Gasteiger partial charge >= 0.3 is 6.09 Å². The van der Waals surface area contributed by atoms with E-state index in [0.29, 0.717) is 19.6 Å². The molecule has 1 aliphatic heterocycles. The van der Waals surface area contributed by atoms with Crippen LogP contribution in [0.1, 0.15) is 54.4 Å². The first-order valence-electron chi connectivity index (χ1n) is 8.55. The van der Waals surface area contributed by atoms with Crippen LogP contribution >= 0.6 is 0 Å². The Kier molecular flexibility index (Phi) is 6.86. The summed E-state index contributed by atoms with van der Waals surface area (Å²) in [6.07, 6.45) is 1.67. The molecular formula is C17H33N3O3. The zero-order valence-corrected chi connectivity index (χ0v) is 15.5. The molecule has 0 aromatic carbocycles. The lowest BCUT2D eigenvalue weighted by atomic mass is 9.97. The first-order valence-corrected chi connectivity index (χ1v) is 8.55. The molecule has 0 bridgehead atoms. The van der Waals surface area contributed by atoms with E-state index in [1.807, 2.05) is 39.5 Å². The van der Waals surface area contributed by atoms with E-state index in [0.717, 1.165) is 12.8 Å². The molecule has 134 valence electrons. The third kappa shape index (κ3) is 6.37. The van der Waals surface area contributed by atoms with Crippen LogP contribution in [0.4, 0.5) is 4.79 Å². The van der Waals surface area contributed by atoms with Crippen LogP contribution in [0.25, 0.3) is 0 Å². The van der Waals surface area contributed by atoms with Crippen molar-refractivity contribution in [2.45, 2.75) is 72.1 Å². The predicted molar refractivity (Wildman–Crippen MR) is 91.0 cm³/mol. The van der Waals surface area contributed by atoms with E-state index in [1.165, 1.54) is 0 Å². The molecule has 1 rings (SSSR count). The van der Waals surface area contributed by atoms with E-state index in [1.54, 1.807) is 11.8 Å². The molecule has 0 saturated carbocycles. The third-order valence-corrected chi connectivity index (χ3v) is 3.92. The van der Waals surface area contributed by atoms with E-state index >= 15 is 0 Å². The van der Waals surface area contributed by atoms with Crippen molar-refractivity contribution in [2.24, 2.45) is 11.7 Å². The number of amides is 2. The first kappa shape index (κ1) is 19.7. The largest absolute Gasteiger partial charge is 0.444 e. The summed E-state index contributed by atoms with van der Waals surface area (Å²) in [5.74, 6) is 0.232. The van der Waals surface area contributed by atoms with Crippen LogP contribution in [0, 0.1) is 5.92 Å². The van der Waals surface area contributed by atoms with Gasteiger partial charge in [-0.3, -0.25) is 4.79 Å². The fourth-order valence-electron chi connectivity index (χ4n) is 2.80. The van der Waals surface area contributed by atoms with Crippen molar-refractivity contribution < 1.29 is 14.3 Å². The lowest BCUT2D eigenvalue weighted by Crippen LogP contribution is -2.51. The number of nitrogens with two attached hydrogens (primary N) is 1. The molecule has 0 aromatic heterocycles. The molecule has 2 unspecified atom stereocenters. The van der Waals surface area contributed by atoms with E-state index in [-0.39, 0.29) is 24.0 Å². The highest BCUT2D eigenvalue weighted by Crippen LogP contribution is 2.21. The van der Waals surface area contributed by atoms with Crippen molar-refractivity contribution in [1.29, 1.82) is 0 Å². The van der Waals surface area contributed by atoms with Gasteiger partial charge in [0.2, 0.25) is 5.91 Å². The monoisotopic (exact) mass is 327 g/mol. The Hall–Kier alpha value is -1.30. The number of likely N-dealkylation sites (tertiary alicyclic amines) is 1. The number of nitrogens with zero attached hydrogens (tertiary/aromatic N) is 2. The van der Waals surface area contributed by atoms with Crippen LogP contribution in [-0.4, -0.2) is 59.1 Å². The lowest BCUT2D eigenvalue weighted by Gasteiger charge is -2.38. The Bertz CT molecular complexity index is 416. The molecule has 1 saturated heterocycles. The number of piperidine rings is 1. The Morgan fingerprint density at radius 2 is 1.91 bits per heavy atom. The average molecular weight is 327 g/mol. The van der Waals surface area contributed by atoms with Crippen molar-refractivity contribution in [3.63, 3.8) is 0 Å². The van der Waals surface area contributed by atoms with Gasteiger partial charge in [0.25, 0.3) is 0 Å². The fraction of sp³-hybridized carbons (Fsp3) is 0.882. The SMILES string of the molecule is CC(N)C(=O)N(CC1CCCN(C(=O)OC(C)(C)C)C1)C(C)C. The highest BCUT2D eigenvalue weighted by Gasteiger charge is 2.30. The number of carbonyl (C=O) groups excluding carboxylic acids is 2. The third-order valence-electron chi connectivity index (χ3n) is 3.92. The van der Waals surface area contributed by atoms with Gasteiger partial charge in [-0.1, -0.05) is 0 Å². The fourth-order valence-corrected chi connectivity index (χ4v) is 2.80. The van der Waals surface area contributed by atoms with Crippen LogP contribution < -0.4 is 5.73 Å². The van der Waals surface area contributed by atoms with Gasteiger partial charge in [0, 0.05) is 25.7 Å². The zero-order valence-electron chi connectivity index (χ0n) is 15.5. The predicted octanol–water partition coefficient (Wildman–Crippen LogP) is 2.22. The van der Waals surface area contributed by atoms with Crippen LogP contribution in [0.3, 0.4) is 0 Å². The Balaban J connectivity index is 2.67. The summed E-state index contributed by atoms with van der Waals surface area (Å²) in [7, 11) is 0. The lowest BCUT2D eigenvalue weighted by molar-refractivity contribution is -0.134. The van der Waals surface area contributed by atoms with E-state index in [9.17, 15) is 9.59 Å². The standard InChI is InChI=1S/C17H33N3O3/c1-12(2)20(15(21)13(3)18)11-14-8-7-9-19(10-14)16(22)23-17(4,5)6/h12-14H,7-11,18H2,1-6H3. The molecule has 2 amide bonds. The molecule has 0 radical (unpaired) electrons. The van der Waals surface area contributed by atoms with Gasteiger partial charge in [-0.05, 0) is 60.3 Å². The molecule has 0 aromatic rings. The molecule has 0 aliphatic carbocycles. The molecule has 6 nitrogen and oxygen atoms in total. The van der Waals surface area contributed by atoms with Gasteiger partial charge < -0.3 is 20.3 Å². The summed E-state index contributed by atoms with van der Waals surface area (Å²) in [5, 5.41) is 0. The van der Waals surface area contributed by atoms with Crippen molar-refractivity contribution in [1.82, 2.24) is 9.80 Å². The summed E-state index contributed by atoms with van der Waals surface area (Å²) in [5.41, 5.74) is 5.26. The molecular weight excluding hydrogens is 294 g/mol. The van der Waals surface area contributed by atoms with Crippen LogP contribution in [0.5, 0.6) is 0 Å². The minimum atomic E-state index is -0.497. The summed E-state index contributed by atoms with van der Waals surface area (Å²) >= 11 is 0. The second kappa shape index (κ2) is 7.99. The number of carbonyl (C=O) groups is 2. The summed E-state index contributed by atoms with van der Waals surface area (Å²) in [6.45, 7) is 13.3. The van der Waals surface area contributed by atoms with E-state index < -0.39 is 11.6 Å². The second-order valence-corrected chi connectivity index (χ2v) is 7.81. The topological polar surface area (TPSA) is 75.9 Å². The molecule has 2 atom stereocenters. The van der Waals surface area contributed by atoms with Crippen molar-refractivity contribution in [3.05, 3.63) is 0 Å². The number of rotatable bonds is 4. The van der Waals surface area contributed by atoms with Gasteiger partial charge in [-0.25, -0.2) is 4.79 Å². The Morgan fingerprint density at radius 1 is 1.30 bits per heavy atom. The van der Waals surface area contributed by atoms with E-state index in [4.69, 9.17) is 10.5 Å². The van der Waals surface area contributed by atoms with Crippen LogP contribution in [0.15, 0.2) is 0 Å². The van der Waals surface area contributed by atoms with Gasteiger partial charge in [0.05, 0.1) is 6.04 Å². The van der Waals surface area contributed by atoms with Gasteiger partial charge in [-0.15, -0.1) is 0 Å². The molecule has 23 heavy (non-hydrogen) atoms. The maximum absolute atomic E-state index is 12.3. The van der Waals surface area contributed by atoms with Crippen molar-refractivity contribution in [3.8, 4) is 0 Å². The van der Waals surface area contributed by atoms with Gasteiger partial charge in [0.1, 0.15) is 5.60 Å². The summed E-state index contributed by atoms with van der Waals surface area (Å²) in [6, 6.07) is -0.395. The van der Waals surface area contributed by atoms with E-state index in [2.05, 4.69) is 0 Å². The highest BCUT2D eigenvalue weighted by atomic mass is 16.6. The van der Waals surface area contributed by atoms with Crippen molar-refractivity contribution in [2.75, 3.05) is 19.6 Å². The van der Waals surface area contributed by atoms with Crippen molar-refractivity contribution >= 4 is 12.0 Å². The molecule has 1 heterocycles. The minimum Gasteiger partial charge on any atom is -0.444 e. The Morgan fingerprint density at radius 3 is 2.39 bits per heavy atom. The summed E-state index contributed by atoms with van der Waals surface area (Å²) < 4.78 is 5.45. The normalized spacial score (nSPS) is 20.3. The smallest absolute Gasteiger partial charge is 0.410 e. The number of hydrogen-bond donors (Lipinski definition) is 1. The summed E-state index contributed by atoms with van der Waals surface area (Å²) in [4.78, 5) is 28.1. The highest BCUT2D eigenvalue weighted by molar-refractivity contribution is 5.81. The van der Waals surface area contributed by atoms with Gasteiger partial charge in [-0.2, -0.15) is 0 Å². The number of hydrogen-bond acceptors (Lipinski definition) is 4. The second-order valence-electron chi connectivity index (χ2n) is 7.81. The Labute approximate surface area is 140 Å².